The highest BCUT2D eigenvalue weighted by atomic mass is 16.4. The second kappa shape index (κ2) is 4.16. The molecule has 14 heavy (non-hydrogen) atoms. The minimum absolute atomic E-state index is 0.640. The van der Waals surface area contributed by atoms with Crippen LogP contribution in [0.15, 0.2) is 0 Å². The van der Waals surface area contributed by atoms with E-state index in [0.29, 0.717) is 0 Å². The summed E-state index contributed by atoms with van der Waals surface area (Å²) in [5.74, 6) is -3.83. The summed E-state index contributed by atoms with van der Waals surface area (Å²) < 4.78 is 0. The maximum atomic E-state index is 11.2. The fourth-order valence-electron chi connectivity index (χ4n) is 0.771. The van der Waals surface area contributed by atoms with Gasteiger partial charge in [0.2, 0.25) is 0 Å². The van der Waals surface area contributed by atoms with Crippen molar-refractivity contribution in [2.75, 3.05) is 0 Å². The highest BCUT2D eigenvalue weighted by Gasteiger charge is 2.40. The maximum absolute atomic E-state index is 11.2. The number of nitrogens with two attached hydrogens (primary N) is 2. The van der Waals surface area contributed by atoms with E-state index in [2.05, 4.69) is 0 Å². The Morgan fingerprint density at radius 2 is 1.79 bits per heavy atom. The lowest BCUT2D eigenvalue weighted by Crippen LogP contribution is -2.58. The normalized spacial score (nSPS) is 16.8. The molecule has 0 saturated carbocycles. The number of hydrogen-bond acceptors (Lipinski definition) is 5. The minimum Gasteiger partial charge on any atom is -0.481 e. The fourth-order valence-corrected chi connectivity index (χ4v) is 0.771. The predicted octanol–water partition coefficient (Wildman–Crippen LogP) is -1.84. The van der Waals surface area contributed by atoms with Crippen molar-refractivity contribution in [3.63, 3.8) is 0 Å². The van der Waals surface area contributed by atoms with Crippen molar-refractivity contribution in [1.29, 1.82) is 0 Å². The number of aliphatic carboxylic acids is 2. The number of carbonyl (C=O) groups excluding carboxylic acids is 1. The minimum atomic E-state index is -2.14. The number of ketones is 1. The van der Waals surface area contributed by atoms with E-state index in [9.17, 15) is 14.4 Å². The molecule has 0 aromatic heterocycles. The Morgan fingerprint density at radius 3 is 2.07 bits per heavy atom. The van der Waals surface area contributed by atoms with Gasteiger partial charge in [-0.3, -0.25) is 9.59 Å². The molecule has 2 atom stereocenters. The van der Waals surface area contributed by atoms with E-state index in [0.717, 1.165) is 6.92 Å². The van der Waals surface area contributed by atoms with Gasteiger partial charge < -0.3 is 21.7 Å². The molecule has 0 amide bonds. The van der Waals surface area contributed by atoms with Gasteiger partial charge in [-0.05, 0) is 6.92 Å². The average molecular weight is 204 g/mol. The number of hydrogen-bond donors (Lipinski definition) is 4. The zero-order valence-corrected chi connectivity index (χ0v) is 7.56. The van der Waals surface area contributed by atoms with E-state index in [-0.39, 0.29) is 0 Å². The molecular weight excluding hydrogens is 192 g/mol. The average Bonchev–Trinajstić information content (AvgIpc) is 2.01. The molecule has 0 saturated heterocycles. The fraction of sp³-hybridized carbons (Fsp3) is 0.571. The lowest BCUT2D eigenvalue weighted by atomic mass is 9.91. The largest absolute Gasteiger partial charge is 0.481 e. The smallest absolute Gasteiger partial charge is 0.331 e. The number of rotatable bonds is 5. The van der Waals surface area contributed by atoms with Crippen LogP contribution in [0.25, 0.3) is 0 Å². The molecule has 0 bridgehead atoms. The SMILES string of the molecule is C[C@](N)(C(=O)O)C(=O)[C@@H](N)CC(=O)O. The van der Waals surface area contributed by atoms with Gasteiger partial charge in [0.15, 0.2) is 11.3 Å². The topological polar surface area (TPSA) is 144 Å². The van der Waals surface area contributed by atoms with E-state index >= 15 is 0 Å². The van der Waals surface area contributed by atoms with E-state index in [4.69, 9.17) is 21.7 Å². The molecule has 0 radical (unpaired) electrons. The lowest BCUT2D eigenvalue weighted by Gasteiger charge is -2.20. The highest BCUT2D eigenvalue weighted by molar-refractivity contribution is 6.10. The molecule has 6 N–H and O–H groups in total. The van der Waals surface area contributed by atoms with Gasteiger partial charge in [-0.1, -0.05) is 0 Å². The van der Waals surface area contributed by atoms with Crippen molar-refractivity contribution in [3.05, 3.63) is 0 Å². The summed E-state index contributed by atoms with van der Waals surface area (Å²) in [6.07, 6.45) is -0.640. The molecule has 0 rings (SSSR count). The third kappa shape index (κ3) is 2.79. The zero-order chi connectivity index (χ0) is 11.5. The number of carboxylic acids is 2. The van der Waals surface area contributed by atoms with Crippen LogP contribution in [-0.2, 0) is 14.4 Å². The van der Waals surface area contributed by atoms with Crippen LogP contribution in [-0.4, -0.2) is 39.5 Å². The van der Waals surface area contributed by atoms with Crippen molar-refractivity contribution in [3.8, 4) is 0 Å². The molecule has 0 aromatic rings. The van der Waals surface area contributed by atoms with Crippen molar-refractivity contribution < 1.29 is 24.6 Å². The summed E-state index contributed by atoms with van der Waals surface area (Å²) >= 11 is 0. The van der Waals surface area contributed by atoms with Gasteiger partial charge in [-0.2, -0.15) is 0 Å². The summed E-state index contributed by atoms with van der Waals surface area (Å²) in [6.45, 7) is 0.972. The second-order valence-corrected chi connectivity index (χ2v) is 3.08. The summed E-state index contributed by atoms with van der Waals surface area (Å²) in [4.78, 5) is 31.9. The molecule has 0 unspecified atom stereocenters. The summed E-state index contributed by atoms with van der Waals surface area (Å²) in [7, 11) is 0. The molecule has 0 aliphatic heterocycles. The van der Waals surface area contributed by atoms with E-state index < -0.39 is 35.7 Å². The first-order chi connectivity index (χ1) is 6.19. The molecule has 7 nitrogen and oxygen atoms in total. The summed E-state index contributed by atoms with van der Waals surface area (Å²) in [5.41, 5.74) is 8.18. The number of Topliss-reactive ketones (excluding diaryl/α,β-unsaturated/α-hetero) is 1. The van der Waals surface area contributed by atoms with Crippen LogP contribution in [0.3, 0.4) is 0 Å². The van der Waals surface area contributed by atoms with Crippen molar-refractivity contribution in [2.24, 2.45) is 11.5 Å². The molecule has 80 valence electrons. The van der Waals surface area contributed by atoms with Crippen LogP contribution in [0.5, 0.6) is 0 Å². The Balaban J connectivity index is 4.61. The van der Waals surface area contributed by atoms with Crippen LogP contribution in [0.1, 0.15) is 13.3 Å². The number of carbonyl (C=O) groups is 3. The van der Waals surface area contributed by atoms with Crippen molar-refractivity contribution in [1.82, 2.24) is 0 Å². The van der Waals surface area contributed by atoms with Crippen molar-refractivity contribution in [2.45, 2.75) is 24.9 Å². The van der Waals surface area contributed by atoms with Crippen molar-refractivity contribution >= 4 is 17.7 Å². The standard InChI is InChI=1S/C7H12N2O5/c1-7(9,6(13)14)5(12)3(8)2-4(10)11/h3H,2,8-9H2,1H3,(H,10,11)(H,13,14)/t3-,7+/m0/s1. The molecule has 0 aliphatic carbocycles. The third-order valence-corrected chi connectivity index (χ3v) is 1.69. The molecule has 0 spiro atoms. The van der Waals surface area contributed by atoms with Gasteiger partial charge in [-0.15, -0.1) is 0 Å². The van der Waals surface area contributed by atoms with Crippen LogP contribution in [0.2, 0.25) is 0 Å². The van der Waals surface area contributed by atoms with E-state index in [1.54, 1.807) is 0 Å². The van der Waals surface area contributed by atoms with Gasteiger partial charge in [-0.25, -0.2) is 4.79 Å². The molecule has 0 fully saturated rings. The van der Waals surface area contributed by atoms with Crippen LogP contribution in [0, 0.1) is 0 Å². The maximum Gasteiger partial charge on any atom is 0.331 e. The Hall–Kier alpha value is -1.47. The van der Waals surface area contributed by atoms with Gasteiger partial charge >= 0.3 is 11.9 Å². The molecular formula is C7H12N2O5. The van der Waals surface area contributed by atoms with Gasteiger partial charge in [0.1, 0.15) is 0 Å². The Kier molecular flexibility index (Phi) is 3.72. The first-order valence-electron chi connectivity index (χ1n) is 3.73. The van der Waals surface area contributed by atoms with Gasteiger partial charge in [0, 0.05) is 0 Å². The zero-order valence-electron chi connectivity index (χ0n) is 7.56. The molecule has 0 heterocycles. The monoisotopic (exact) mass is 204 g/mol. The van der Waals surface area contributed by atoms with Gasteiger partial charge in [0.25, 0.3) is 0 Å². The Labute approximate surface area is 79.7 Å². The Morgan fingerprint density at radius 1 is 1.36 bits per heavy atom. The van der Waals surface area contributed by atoms with Gasteiger partial charge in [0.05, 0.1) is 12.5 Å². The first-order valence-corrected chi connectivity index (χ1v) is 3.73. The molecule has 7 heteroatoms. The first kappa shape index (κ1) is 12.5. The molecule has 0 aromatic carbocycles. The van der Waals surface area contributed by atoms with Crippen LogP contribution < -0.4 is 11.5 Å². The van der Waals surface area contributed by atoms with Crippen LogP contribution >= 0.6 is 0 Å². The number of carboxylic acid groups (broad SMARTS) is 2. The second-order valence-electron chi connectivity index (χ2n) is 3.08. The lowest BCUT2D eigenvalue weighted by molar-refractivity contribution is -0.149. The summed E-state index contributed by atoms with van der Waals surface area (Å²) in [5, 5.41) is 16.9. The Bertz CT molecular complexity index is 273. The quantitative estimate of drug-likeness (QED) is 0.385. The predicted molar refractivity (Wildman–Crippen MR) is 45.5 cm³/mol. The highest BCUT2D eigenvalue weighted by Crippen LogP contribution is 2.06. The molecule has 0 aliphatic rings. The van der Waals surface area contributed by atoms with E-state index in [1.807, 2.05) is 0 Å². The van der Waals surface area contributed by atoms with Crippen LogP contribution in [0.4, 0.5) is 0 Å². The van der Waals surface area contributed by atoms with E-state index in [1.165, 1.54) is 0 Å². The third-order valence-electron chi connectivity index (χ3n) is 1.69. The summed E-state index contributed by atoms with van der Waals surface area (Å²) in [6, 6.07) is -1.40.